The molecule has 0 amide bonds. The van der Waals surface area contributed by atoms with E-state index in [1.165, 1.54) is 0 Å². The van der Waals surface area contributed by atoms with Crippen molar-refractivity contribution in [2.75, 3.05) is 6.61 Å². The number of hydrogen-bond donors (Lipinski definition) is 5. The molecule has 0 spiro atoms. The van der Waals surface area contributed by atoms with E-state index in [9.17, 15) is 0 Å². The van der Waals surface area contributed by atoms with Gasteiger partial charge in [0.25, 0.3) is 0 Å². The fourth-order valence-corrected chi connectivity index (χ4v) is 1.08. The van der Waals surface area contributed by atoms with Crippen LogP contribution in [0.5, 0.6) is 0 Å². The number of hydrogen-bond acceptors (Lipinski definition) is 6. The first-order chi connectivity index (χ1) is 6.99. The summed E-state index contributed by atoms with van der Waals surface area (Å²) in [5.74, 6) is 0. The Hall–Kier alpha value is 0.559. The zero-order valence-corrected chi connectivity index (χ0v) is 11.6. The number of rotatable bonds is 1. The Bertz CT molecular complexity index is 164. The standard InChI is InChI=1S/C6H12O6.2CH3.Sn/c7-1-2-3(8)4(9)5(10)6(11)12-2;;;/h2-11H,1H2;2*1H3;. The van der Waals surface area contributed by atoms with Gasteiger partial charge in [0, 0.05) is 0 Å². The van der Waals surface area contributed by atoms with Gasteiger partial charge in [0.2, 0.25) is 0 Å². The Kier molecular flexibility index (Phi) is 8.06. The molecule has 1 saturated heterocycles. The molecule has 7 heteroatoms. The predicted molar refractivity (Wildman–Crippen MR) is 53.5 cm³/mol. The molecule has 1 heterocycles. The molecule has 5 atom stereocenters. The molecule has 90 valence electrons. The topological polar surface area (TPSA) is 110 Å². The maximum absolute atomic E-state index is 9.12. The predicted octanol–water partition coefficient (Wildman–Crippen LogP) is -2.43. The van der Waals surface area contributed by atoms with E-state index < -0.39 is 37.3 Å². The average molecular weight is 329 g/mol. The van der Waals surface area contributed by atoms with Crippen molar-refractivity contribution in [1.82, 2.24) is 0 Å². The molecule has 1 fully saturated rings. The van der Waals surface area contributed by atoms with Gasteiger partial charge in [-0.2, -0.15) is 0 Å². The third-order valence-corrected chi connectivity index (χ3v) is 1.87. The fraction of sp³-hybridized carbons (Fsp3) is 1.00. The molecule has 5 unspecified atom stereocenters. The summed E-state index contributed by atoms with van der Waals surface area (Å²) >= 11 is 0.230. The van der Waals surface area contributed by atoms with Crippen LogP contribution in [0.1, 0.15) is 0 Å². The van der Waals surface area contributed by atoms with E-state index in [0.717, 1.165) is 0 Å². The third-order valence-electron chi connectivity index (χ3n) is 1.87. The molecule has 0 aromatic carbocycles. The van der Waals surface area contributed by atoms with Crippen molar-refractivity contribution in [3.05, 3.63) is 0 Å². The van der Waals surface area contributed by atoms with Crippen LogP contribution < -0.4 is 0 Å². The summed E-state index contributed by atoms with van der Waals surface area (Å²) in [5, 5.41) is 44.7. The Morgan fingerprint density at radius 2 is 1.47 bits per heavy atom. The van der Waals surface area contributed by atoms with E-state index in [1.807, 2.05) is 0 Å². The van der Waals surface area contributed by atoms with Gasteiger partial charge in [-0.3, -0.25) is 0 Å². The summed E-state index contributed by atoms with van der Waals surface area (Å²) in [6.07, 6.45) is -7.04. The molecule has 0 bridgehead atoms. The Morgan fingerprint density at radius 3 is 1.87 bits per heavy atom. The quantitative estimate of drug-likeness (QED) is 0.342. The number of ether oxygens (including phenoxy) is 1. The van der Waals surface area contributed by atoms with Crippen molar-refractivity contribution in [3.63, 3.8) is 0 Å². The minimum atomic E-state index is -1.57. The molecule has 1 aliphatic rings. The first-order valence-electron chi connectivity index (χ1n) is 4.56. The van der Waals surface area contributed by atoms with Gasteiger partial charge in [-0.25, -0.2) is 0 Å². The summed E-state index contributed by atoms with van der Waals surface area (Å²) in [6, 6.07) is 0. The molecule has 2 radical (unpaired) electrons. The molecule has 1 aliphatic heterocycles. The van der Waals surface area contributed by atoms with Crippen molar-refractivity contribution in [1.29, 1.82) is 0 Å². The molecule has 1 rings (SSSR count). The van der Waals surface area contributed by atoms with Gasteiger partial charge in [-0.1, -0.05) is 0 Å². The van der Waals surface area contributed by atoms with Gasteiger partial charge >= 0.3 is 31.0 Å². The zero-order valence-electron chi connectivity index (χ0n) is 8.74. The third kappa shape index (κ3) is 4.51. The van der Waals surface area contributed by atoms with Crippen LogP contribution in [0.15, 0.2) is 0 Å². The van der Waals surface area contributed by atoms with Crippen LogP contribution in [0, 0.1) is 0 Å². The van der Waals surface area contributed by atoms with Crippen LogP contribution in [0.25, 0.3) is 0 Å². The molecule has 5 N–H and O–H groups in total. The van der Waals surface area contributed by atoms with Crippen molar-refractivity contribution >= 4 is 21.1 Å². The van der Waals surface area contributed by atoms with Gasteiger partial charge < -0.3 is 30.3 Å². The van der Waals surface area contributed by atoms with Gasteiger partial charge in [0.05, 0.1) is 6.61 Å². The summed E-state index contributed by atoms with van der Waals surface area (Å²) in [4.78, 5) is 4.59. The molecular weight excluding hydrogens is 311 g/mol. The first kappa shape index (κ1) is 15.6. The van der Waals surface area contributed by atoms with E-state index in [2.05, 4.69) is 14.6 Å². The normalized spacial score (nSPS) is 40.6. The zero-order chi connectivity index (χ0) is 12.0. The fourth-order valence-electron chi connectivity index (χ4n) is 1.08. The van der Waals surface area contributed by atoms with Crippen LogP contribution in [-0.2, 0) is 4.74 Å². The van der Waals surface area contributed by atoms with Crippen LogP contribution in [0.3, 0.4) is 0 Å². The van der Waals surface area contributed by atoms with Crippen molar-refractivity contribution < 1.29 is 30.3 Å². The van der Waals surface area contributed by atoms with Gasteiger partial charge in [-0.15, -0.1) is 0 Å². The van der Waals surface area contributed by atoms with E-state index in [-0.39, 0.29) is 21.1 Å². The van der Waals surface area contributed by atoms with Crippen LogP contribution >= 0.6 is 0 Å². The molecule has 0 aromatic rings. The van der Waals surface area contributed by atoms with E-state index in [0.29, 0.717) is 0 Å². The molecule has 0 saturated carbocycles. The Balaban J connectivity index is 0.000000583. The van der Waals surface area contributed by atoms with E-state index in [1.54, 1.807) is 0 Å². The second kappa shape index (κ2) is 7.77. The molecular formula is C8H18O6Sn. The maximum atomic E-state index is 9.12. The van der Waals surface area contributed by atoms with Gasteiger partial charge in [0.15, 0.2) is 6.29 Å². The van der Waals surface area contributed by atoms with Gasteiger partial charge in [0.1, 0.15) is 24.4 Å². The first-order valence-corrected chi connectivity index (χ1v) is 10.3. The summed E-state index contributed by atoms with van der Waals surface area (Å²) < 4.78 is 4.58. The summed E-state index contributed by atoms with van der Waals surface area (Å²) in [5.41, 5.74) is 0. The van der Waals surface area contributed by atoms with Crippen LogP contribution in [-0.4, -0.2) is 84.0 Å². The number of aliphatic hydroxyl groups excluding tert-OH is 5. The van der Waals surface area contributed by atoms with E-state index >= 15 is 0 Å². The van der Waals surface area contributed by atoms with Crippen LogP contribution in [0.2, 0.25) is 9.88 Å². The second-order valence-electron chi connectivity index (χ2n) is 3.22. The monoisotopic (exact) mass is 330 g/mol. The SMILES string of the molecule is OCC1OC(O)C(O)C(O)C1O.[CH3][Sn][CH3]. The second-order valence-corrected chi connectivity index (χ2v) is 6.07. The molecule has 6 nitrogen and oxygen atoms in total. The Morgan fingerprint density at radius 1 is 1.00 bits per heavy atom. The Labute approximate surface area is 98.7 Å². The average Bonchev–Trinajstić information content (AvgIpc) is 2.21. The molecule has 0 aromatic heterocycles. The van der Waals surface area contributed by atoms with Crippen molar-refractivity contribution in [3.8, 4) is 0 Å². The van der Waals surface area contributed by atoms with Crippen molar-refractivity contribution in [2.24, 2.45) is 0 Å². The number of aliphatic hydroxyl groups is 5. The van der Waals surface area contributed by atoms with Crippen molar-refractivity contribution in [2.45, 2.75) is 40.6 Å². The van der Waals surface area contributed by atoms with Crippen LogP contribution in [0.4, 0.5) is 0 Å². The molecule has 15 heavy (non-hydrogen) atoms. The van der Waals surface area contributed by atoms with Gasteiger partial charge in [-0.05, 0) is 0 Å². The minimum absolute atomic E-state index is 0.230. The van der Waals surface area contributed by atoms with E-state index in [4.69, 9.17) is 25.5 Å². The summed E-state index contributed by atoms with van der Waals surface area (Å²) in [7, 11) is 0. The summed E-state index contributed by atoms with van der Waals surface area (Å²) in [6.45, 7) is -0.526. The molecule has 0 aliphatic carbocycles.